The number of methoxy groups -OCH3 is 1. The molecule has 3 rings (SSSR count). The van der Waals surface area contributed by atoms with E-state index in [-0.39, 0.29) is 0 Å². The standard InChI is InChI=1S/C21H26BrN3O/c1-12(7-8-26-6)19-18-15(4)11-25(21(18)24-16(5)23-19)20-13(2)9-17(22)10-14(20)3/h9-12H,7-8H2,1-6H3. The third kappa shape index (κ3) is 3.42. The van der Waals surface area contributed by atoms with E-state index >= 15 is 0 Å². The lowest BCUT2D eigenvalue weighted by Gasteiger charge is -2.15. The molecule has 0 saturated heterocycles. The molecule has 1 aromatic carbocycles. The van der Waals surface area contributed by atoms with Crippen LogP contribution in [0, 0.1) is 27.7 Å². The van der Waals surface area contributed by atoms with Crippen LogP contribution in [0.4, 0.5) is 0 Å². The Balaban J connectivity index is 2.26. The number of nitrogens with zero attached hydrogens (tertiary/aromatic N) is 3. The maximum atomic E-state index is 5.27. The van der Waals surface area contributed by atoms with Crippen molar-refractivity contribution < 1.29 is 4.74 Å². The average molecular weight is 416 g/mol. The number of hydrogen-bond acceptors (Lipinski definition) is 3. The molecule has 0 saturated carbocycles. The van der Waals surface area contributed by atoms with Gasteiger partial charge in [-0.1, -0.05) is 22.9 Å². The molecule has 0 N–H and O–H groups in total. The Bertz CT molecular complexity index is 939. The second-order valence-corrected chi connectivity index (χ2v) is 8.02. The molecular formula is C21H26BrN3O. The van der Waals surface area contributed by atoms with Crippen LogP contribution in [-0.2, 0) is 4.74 Å². The van der Waals surface area contributed by atoms with Gasteiger partial charge in [0.2, 0.25) is 0 Å². The summed E-state index contributed by atoms with van der Waals surface area (Å²) in [6.07, 6.45) is 3.14. The van der Waals surface area contributed by atoms with Crippen molar-refractivity contribution in [3.05, 3.63) is 51.0 Å². The van der Waals surface area contributed by atoms with E-state index in [0.717, 1.165) is 34.7 Å². The van der Waals surface area contributed by atoms with Crippen LogP contribution in [0.2, 0.25) is 0 Å². The highest BCUT2D eigenvalue weighted by atomic mass is 79.9. The Morgan fingerprint density at radius 3 is 2.35 bits per heavy atom. The monoisotopic (exact) mass is 415 g/mol. The molecule has 2 aromatic heterocycles. The normalized spacial score (nSPS) is 12.7. The summed E-state index contributed by atoms with van der Waals surface area (Å²) in [4.78, 5) is 9.60. The first-order valence-corrected chi connectivity index (χ1v) is 9.75. The fourth-order valence-corrected chi connectivity index (χ4v) is 4.38. The van der Waals surface area contributed by atoms with Crippen LogP contribution < -0.4 is 0 Å². The highest BCUT2D eigenvalue weighted by Crippen LogP contribution is 2.33. The summed E-state index contributed by atoms with van der Waals surface area (Å²) in [5, 5.41) is 1.17. The highest BCUT2D eigenvalue weighted by molar-refractivity contribution is 9.10. The van der Waals surface area contributed by atoms with Crippen LogP contribution in [0.15, 0.2) is 22.8 Å². The molecule has 0 bridgehead atoms. The molecule has 0 aliphatic heterocycles. The third-order valence-corrected chi connectivity index (χ3v) is 5.35. The lowest BCUT2D eigenvalue weighted by molar-refractivity contribution is 0.189. The van der Waals surface area contributed by atoms with Gasteiger partial charge in [0, 0.05) is 35.7 Å². The predicted molar refractivity (Wildman–Crippen MR) is 110 cm³/mol. The van der Waals surface area contributed by atoms with E-state index < -0.39 is 0 Å². The minimum Gasteiger partial charge on any atom is -0.385 e. The number of ether oxygens (including phenoxy) is 1. The van der Waals surface area contributed by atoms with Gasteiger partial charge >= 0.3 is 0 Å². The maximum absolute atomic E-state index is 5.27. The van der Waals surface area contributed by atoms with Gasteiger partial charge in [-0.25, -0.2) is 9.97 Å². The molecule has 0 spiro atoms. The van der Waals surface area contributed by atoms with Crippen molar-refractivity contribution >= 4 is 27.0 Å². The molecule has 1 atom stereocenters. The highest BCUT2D eigenvalue weighted by Gasteiger charge is 2.20. The number of benzene rings is 1. The summed E-state index contributed by atoms with van der Waals surface area (Å²) in [6, 6.07) is 4.30. The minimum absolute atomic E-state index is 0.320. The summed E-state index contributed by atoms with van der Waals surface area (Å²) in [6.45, 7) is 11.4. The van der Waals surface area contributed by atoms with E-state index in [9.17, 15) is 0 Å². The van der Waals surface area contributed by atoms with Crippen molar-refractivity contribution in [2.24, 2.45) is 0 Å². The Labute approximate surface area is 163 Å². The van der Waals surface area contributed by atoms with Gasteiger partial charge in [0.15, 0.2) is 0 Å². The van der Waals surface area contributed by atoms with E-state index in [0.29, 0.717) is 5.92 Å². The van der Waals surface area contributed by atoms with Crippen LogP contribution in [0.25, 0.3) is 16.7 Å². The zero-order chi connectivity index (χ0) is 19.0. The molecule has 26 heavy (non-hydrogen) atoms. The summed E-state index contributed by atoms with van der Waals surface area (Å²) >= 11 is 3.59. The number of aryl methyl sites for hydroxylation is 4. The smallest absolute Gasteiger partial charge is 0.148 e. The van der Waals surface area contributed by atoms with Crippen molar-refractivity contribution in [1.82, 2.24) is 14.5 Å². The van der Waals surface area contributed by atoms with Crippen LogP contribution in [0.5, 0.6) is 0 Å². The molecular weight excluding hydrogens is 390 g/mol. The fourth-order valence-electron chi connectivity index (χ4n) is 3.69. The first-order valence-electron chi connectivity index (χ1n) is 8.95. The quantitative estimate of drug-likeness (QED) is 0.547. The Morgan fingerprint density at radius 2 is 1.73 bits per heavy atom. The van der Waals surface area contributed by atoms with Crippen molar-refractivity contribution in [3.8, 4) is 5.69 Å². The van der Waals surface area contributed by atoms with E-state index in [1.165, 1.54) is 27.8 Å². The van der Waals surface area contributed by atoms with Crippen molar-refractivity contribution in [2.45, 2.75) is 47.0 Å². The predicted octanol–water partition coefficient (Wildman–Crippen LogP) is 5.56. The van der Waals surface area contributed by atoms with Gasteiger partial charge in [-0.2, -0.15) is 0 Å². The van der Waals surface area contributed by atoms with Gasteiger partial charge in [0.25, 0.3) is 0 Å². The summed E-state index contributed by atoms with van der Waals surface area (Å²) in [7, 11) is 1.74. The molecule has 3 aromatic rings. The number of hydrogen-bond donors (Lipinski definition) is 0. The van der Waals surface area contributed by atoms with E-state index in [1.54, 1.807) is 7.11 Å². The largest absolute Gasteiger partial charge is 0.385 e. The summed E-state index contributed by atoms with van der Waals surface area (Å²) in [5.41, 5.74) is 6.95. The number of halogens is 1. The van der Waals surface area contributed by atoms with E-state index in [2.05, 4.69) is 66.5 Å². The average Bonchev–Trinajstić information content (AvgIpc) is 2.87. The van der Waals surface area contributed by atoms with Gasteiger partial charge < -0.3 is 9.30 Å². The van der Waals surface area contributed by atoms with Gasteiger partial charge in [-0.3, -0.25) is 0 Å². The summed E-state index contributed by atoms with van der Waals surface area (Å²) in [5.74, 6) is 1.13. The zero-order valence-electron chi connectivity index (χ0n) is 16.4. The zero-order valence-corrected chi connectivity index (χ0v) is 17.9. The molecule has 0 aliphatic carbocycles. The first kappa shape index (κ1) is 19.1. The second kappa shape index (κ2) is 7.49. The molecule has 2 heterocycles. The van der Waals surface area contributed by atoms with Crippen LogP contribution in [0.1, 0.15) is 47.5 Å². The number of aromatic nitrogens is 3. The van der Waals surface area contributed by atoms with Gasteiger partial charge in [0.05, 0.1) is 11.4 Å². The SMILES string of the molecule is COCCC(C)c1nc(C)nc2c1c(C)cn2-c1c(C)cc(Br)cc1C. The topological polar surface area (TPSA) is 39.9 Å². The Morgan fingerprint density at radius 1 is 1.08 bits per heavy atom. The van der Waals surface area contributed by atoms with Gasteiger partial charge in [-0.15, -0.1) is 0 Å². The molecule has 4 nitrogen and oxygen atoms in total. The molecule has 1 unspecified atom stereocenters. The van der Waals surface area contributed by atoms with Crippen molar-refractivity contribution in [1.29, 1.82) is 0 Å². The maximum Gasteiger partial charge on any atom is 0.148 e. The van der Waals surface area contributed by atoms with Crippen LogP contribution >= 0.6 is 15.9 Å². The Kier molecular flexibility index (Phi) is 5.49. The molecule has 0 amide bonds. The number of rotatable bonds is 5. The Hall–Kier alpha value is -1.72. The molecule has 0 aliphatic rings. The number of fused-ring (bicyclic) bond motifs is 1. The fraction of sp³-hybridized carbons (Fsp3) is 0.429. The van der Waals surface area contributed by atoms with Crippen LogP contribution in [0.3, 0.4) is 0 Å². The molecule has 138 valence electrons. The van der Waals surface area contributed by atoms with Crippen molar-refractivity contribution in [3.63, 3.8) is 0 Å². The lowest BCUT2D eigenvalue weighted by atomic mass is 10.00. The van der Waals surface area contributed by atoms with Gasteiger partial charge in [-0.05, 0) is 62.9 Å². The third-order valence-electron chi connectivity index (χ3n) is 4.89. The molecule has 5 heteroatoms. The summed E-state index contributed by atoms with van der Waals surface area (Å²) < 4.78 is 8.60. The van der Waals surface area contributed by atoms with E-state index in [1.807, 2.05) is 6.92 Å². The van der Waals surface area contributed by atoms with Crippen molar-refractivity contribution in [2.75, 3.05) is 13.7 Å². The molecule has 0 fully saturated rings. The van der Waals surface area contributed by atoms with Gasteiger partial charge in [0.1, 0.15) is 11.5 Å². The van der Waals surface area contributed by atoms with E-state index in [4.69, 9.17) is 14.7 Å². The minimum atomic E-state index is 0.320. The lowest BCUT2D eigenvalue weighted by Crippen LogP contribution is -2.06. The van der Waals surface area contributed by atoms with Crippen LogP contribution in [-0.4, -0.2) is 28.3 Å². The molecule has 0 radical (unpaired) electrons. The first-order chi connectivity index (χ1) is 12.3. The second-order valence-electron chi connectivity index (χ2n) is 7.11.